The number of rotatable bonds is 1. The van der Waals surface area contributed by atoms with Crippen LogP contribution in [0.15, 0.2) is 6.20 Å². The second kappa shape index (κ2) is 4.33. The van der Waals surface area contributed by atoms with Gasteiger partial charge in [0.25, 0.3) is 0 Å². The normalized spacial score (nSPS) is 19.8. The standard InChI is InChI=1S/C13H18N4/c1-13(2)5-3-9(4-6-13)12-16-8-10(7-14)11(15)17-12/h8-9H,3-6H2,1-2H3,(H2,15,16,17). The zero-order valence-electron chi connectivity index (χ0n) is 10.4. The molecule has 1 aromatic rings. The maximum absolute atomic E-state index is 8.78. The molecule has 17 heavy (non-hydrogen) atoms. The van der Waals surface area contributed by atoms with Gasteiger partial charge in [0.1, 0.15) is 23.3 Å². The van der Waals surface area contributed by atoms with Gasteiger partial charge in [-0.15, -0.1) is 0 Å². The van der Waals surface area contributed by atoms with Gasteiger partial charge in [-0.1, -0.05) is 13.8 Å². The van der Waals surface area contributed by atoms with Crippen molar-refractivity contribution in [1.29, 1.82) is 5.26 Å². The van der Waals surface area contributed by atoms with Crippen molar-refractivity contribution >= 4 is 5.82 Å². The van der Waals surface area contributed by atoms with Gasteiger partial charge in [-0.2, -0.15) is 5.26 Å². The van der Waals surface area contributed by atoms with E-state index in [9.17, 15) is 0 Å². The lowest BCUT2D eigenvalue weighted by atomic mass is 9.73. The summed E-state index contributed by atoms with van der Waals surface area (Å²) in [5, 5.41) is 8.78. The quantitative estimate of drug-likeness (QED) is 0.804. The minimum Gasteiger partial charge on any atom is -0.382 e. The Bertz CT molecular complexity index is 449. The maximum atomic E-state index is 8.78. The highest BCUT2D eigenvalue weighted by atomic mass is 14.9. The highest BCUT2D eigenvalue weighted by molar-refractivity contribution is 5.46. The predicted molar refractivity (Wildman–Crippen MR) is 66.1 cm³/mol. The maximum Gasteiger partial charge on any atom is 0.145 e. The molecule has 0 aromatic carbocycles. The number of aromatic nitrogens is 2. The molecule has 0 radical (unpaired) electrons. The van der Waals surface area contributed by atoms with Crippen molar-refractivity contribution in [1.82, 2.24) is 9.97 Å². The molecule has 2 N–H and O–H groups in total. The summed E-state index contributed by atoms with van der Waals surface area (Å²) in [5.41, 5.74) is 6.52. The average Bonchev–Trinajstić information content (AvgIpc) is 2.29. The first-order valence-corrected chi connectivity index (χ1v) is 6.04. The molecule has 4 nitrogen and oxygen atoms in total. The largest absolute Gasteiger partial charge is 0.382 e. The number of hydrogen-bond donors (Lipinski definition) is 1. The first-order chi connectivity index (χ1) is 8.02. The van der Waals surface area contributed by atoms with Gasteiger partial charge in [0.15, 0.2) is 0 Å². The van der Waals surface area contributed by atoms with Crippen LogP contribution in [0.1, 0.15) is 56.8 Å². The molecule has 1 fully saturated rings. The van der Waals surface area contributed by atoms with E-state index in [0.717, 1.165) is 18.7 Å². The molecule has 0 atom stereocenters. The van der Waals surface area contributed by atoms with Gasteiger partial charge in [0, 0.05) is 5.92 Å². The summed E-state index contributed by atoms with van der Waals surface area (Å²) >= 11 is 0. The van der Waals surface area contributed by atoms with Gasteiger partial charge in [-0.25, -0.2) is 9.97 Å². The van der Waals surface area contributed by atoms with Crippen molar-refractivity contribution in [2.24, 2.45) is 5.41 Å². The molecular weight excluding hydrogens is 212 g/mol. The van der Waals surface area contributed by atoms with Crippen molar-refractivity contribution in [3.63, 3.8) is 0 Å². The molecule has 0 spiro atoms. The molecule has 4 heteroatoms. The zero-order chi connectivity index (χ0) is 12.5. The van der Waals surface area contributed by atoms with Crippen LogP contribution in [-0.4, -0.2) is 9.97 Å². The first-order valence-electron chi connectivity index (χ1n) is 6.04. The molecule has 1 aliphatic carbocycles. The number of anilines is 1. The summed E-state index contributed by atoms with van der Waals surface area (Å²) in [5.74, 6) is 1.51. The van der Waals surface area contributed by atoms with Crippen LogP contribution in [0.4, 0.5) is 5.82 Å². The molecule has 90 valence electrons. The highest BCUT2D eigenvalue weighted by Crippen LogP contribution is 2.41. The van der Waals surface area contributed by atoms with Crippen LogP contribution in [0.3, 0.4) is 0 Å². The summed E-state index contributed by atoms with van der Waals surface area (Å²) in [6.45, 7) is 4.61. The summed E-state index contributed by atoms with van der Waals surface area (Å²) in [6.07, 6.45) is 6.15. The molecular formula is C13H18N4. The molecule has 1 aliphatic rings. The Balaban J connectivity index is 2.14. The lowest BCUT2D eigenvalue weighted by Crippen LogP contribution is -2.21. The number of nitriles is 1. The lowest BCUT2D eigenvalue weighted by Gasteiger charge is -2.33. The van der Waals surface area contributed by atoms with Crippen LogP contribution in [-0.2, 0) is 0 Å². The summed E-state index contributed by atoms with van der Waals surface area (Å²) in [7, 11) is 0. The van der Waals surface area contributed by atoms with Crippen LogP contribution < -0.4 is 5.73 Å². The highest BCUT2D eigenvalue weighted by Gasteiger charge is 2.29. The zero-order valence-corrected chi connectivity index (χ0v) is 10.4. The number of nitrogen functional groups attached to an aromatic ring is 1. The van der Waals surface area contributed by atoms with E-state index in [1.807, 2.05) is 6.07 Å². The van der Waals surface area contributed by atoms with E-state index in [4.69, 9.17) is 11.0 Å². The Kier molecular flexibility index (Phi) is 3.01. The van der Waals surface area contributed by atoms with E-state index in [1.165, 1.54) is 19.0 Å². The Morgan fingerprint density at radius 1 is 1.41 bits per heavy atom. The van der Waals surface area contributed by atoms with Gasteiger partial charge >= 0.3 is 0 Å². The number of hydrogen-bond acceptors (Lipinski definition) is 4. The van der Waals surface area contributed by atoms with Gasteiger partial charge in [-0.3, -0.25) is 0 Å². The van der Waals surface area contributed by atoms with Crippen molar-refractivity contribution < 1.29 is 0 Å². The minimum absolute atomic E-state index is 0.308. The molecule has 0 amide bonds. The molecule has 2 rings (SSSR count). The van der Waals surface area contributed by atoms with Crippen molar-refractivity contribution in [3.8, 4) is 6.07 Å². The topological polar surface area (TPSA) is 75.6 Å². The van der Waals surface area contributed by atoms with E-state index in [0.29, 0.717) is 22.7 Å². The van der Waals surface area contributed by atoms with Crippen LogP contribution in [0.25, 0.3) is 0 Å². The Labute approximate surface area is 102 Å². The Hall–Kier alpha value is -1.63. The average molecular weight is 230 g/mol. The van der Waals surface area contributed by atoms with Gasteiger partial charge < -0.3 is 5.73 Å². The lowest BCUT2D eigenvalue weighted by molar-refractivity contribution is 0.221. The van der Waals surface area contributed by atoms with Crippen molar-refractivity contribution in [3.05, 3.63) is 17.6 Å². The van der Waals surface area contributed by atoms with Crippen molar-refractivity contribution in [2.45, 2.75) is 45.4 Å². The molecule has 1 saturated carbocycles. The number of nitrogens with two attached hydrogens (primary N) is 1. The smallest absolute Gasteiger partial charge is 0.145 e. The molecule has 1 heterocycles. The second-order valence-corrected chi connectivity index (χ2v) is 5.58. The van der Waals surface area contributed by atoms with Gasteiger partial charge in [-0.05, 0) is 31.1 Å². The van der Waals surface area contributed by atoms with Crippen LogP contribution in [0, 0.1) is 16.7 Å². The third-order valence-electron chi connectivity index (χ3n) is 3.66. The fourth-order valence-corrected chi connectivity index (χ4v) is 2.35. The second-order valence-electron chi connectivity index (χ2n) is 5.58. The van der Waals surface area contributed by atoms with E-state index in [1.54, 1.807) is 0 Å². The molecule has 0 aliphatic heterocycles. The summed E-state index contributed by atoms with van der Waals surface area (Å²) in [4.78, 5) is 8.53. The number of nitrogens with zero attached hydrogens (tertiary/aromatic N) is 3. The first kappa shape index (κ1) is 11.8. The van der Waals surface area contributed by atoms with Gasteiger partial charge in [0.2, 0.25) is 0 Å². The molecule has 0 unspecified atom stereocenters. The third-order valence-corrected chi connectivity index (χ3v) is 3.66. The predicted octanol–water partition coefficient (Wildman–Crippen LogP) is 2.61. The van der Waals surface area contributed by atoms with E-state index < -0.39 is 0 Å². The molecule has 0 saturated heterocycles. The summed E-state index contributed by atoms with van der Waals surface area (Å²) < 4.78 is 0. The molecule has 0 bridgehead atoms. The minimum atomic E-state index is 0.308. The third kappa shape index (κ3) is 2.55. The van der Waals surface area contributed by atoms with Crippen LogP contribution in [0.5, 0.6) is 0 Å². The summed E-state index contributed by atoms with van der Waals surface area (Å²) in [6, 6.07) is 1.99. The molecule has 1 aromatic heterocycles. The fourth-order valence-electron chi connectivity index (χ4n) is 2.35. The van der Waals surface area contributed by atoms with Gasteiger partial charge in [0.05, 0.1) is 6.20 Å². The van der Waals surface area contributed by atoms with Crippen LogP contribution in [0.2, 0.25) is 0 Å². The Morgan fingerprint density at radius 2 is 2.06 bits per heavy atom. The Morgan fingerprint density at radius 3 is 2.59 bits per heavy atom. The fraction of sp³-hybridized carbons (Fsp3) is 0.615. The van der Waals surface area contributed by atoms with Crippen LogP contribution >= 0.6 is 0 Å². The SMILES string of the molecule is CC1(C)CCC(c2ncc(C#N)c(N)n2)CC1. The monoisotopic (exact) mass is 230 g/mol. The van der Waals surface area contributed by atoms with E-state index >= 15 is 0 Å². The van der Waals surface area contributed by atoms with E-state index in [-0.39, 0.29) is 0 Å². The van der Waals surface area contributed by atoms with E-state index in [2.05, 4.69) is 23.8 Å². The van der Waals surface area contributed by atoms with Crippen molar-refractivity contribution in [2.75, 3.05) is 5.73 Å².